The topological polar surface area (TPSA) is 35.5 Å². The molecule has 0 aliphatic heterocycles. The van der Waals surface area contributed by atoms with Crippen LogP contribution in [-0.2, 0) is 13.6 Å². The van der Waals surface area contributed by atoms with Gasteiger partial charge in [-0.15, -0.1) is 0 Å². The van der Waals surface area contributed by atoms with Crippen molar-refractivity contribution in [3.05, 3.63) is 6.92 Å². The van der Waals surface area contributed by atoms with Gasteiger partial charge in [0, 0.05) is 0 Å². The lowest BCUT2D eigenvalue weighted by Gasteiger charge is -2.16. The van der Waals surface area contributed by atoms with Crippen molar-refractivity contribution in [3.63, 3.8) is 0 Å². The van der Waals surface area contributed by atoms with Crippen LogP contribution in [0.1, 0.15) is 39.5 Å². The Morgan fingerprint density at radius 1 is 1.07 bits per heavy atom. The van der Waals surface area contributed by atoms with Crippen LogP contribution in [-0.4, -0.2) is 19.4 Å². The first-order chi connectivity index (χ1) is 6.68. The molecule has 0 atom stereocenters. The summed E-state index contributed by atoms with van der Waals surface area (Å²) in [5.41, 5.74) is 0. The highest BCUT2D eigenvalue weighted by Crippen LogP contribution is 2.47. The molecular formula is C10H22O3P. The van der Waals surface area contributed by atoms with E-state index in [1.165, 1.54) is 0 Å². The number of rotatable bonds is 9. The van der Waals surface area contributed by atoms with Crippen molar-refractivity contribution in [1.29, 1.82) is 0 Å². The molecular weight excluding hydrogens is 199 g/mol. The Labute approximate surface area is 87.7 Å². The molecule has 0 rings (SSSR count). The van der Waals surface area contributed by atoms with Gasteiger partial charge in [0.2, 0.25) is 0 Å². The fraction of sp³-hybridized carbons (Fsp3) is 0.900. The summed E-state index contributed by atoms with van der Waals surface area (Å²) in [4.78, 5) is 0. The molecule has 85 valence electrons. The van der Waals surface area contributed by atoms with Crippen molar-refractivity contribution in [3.8, 4) is 0 Å². The van der Waals surface area contributed by atoms with Crippen LogP contribution in [0, 0.1) is 6.92 Å². The van der Waals surface area contributed by atoms with Crippen LogP contribution in [0.3, 0.4) is 0 Å². The van der Waals surface area contributed by atoms with E-state index in [0.717, 1.165) is 25.7 Å². The lowest BCUT2D eigenvalue weighted by atomic mass is 10.4. The Balaban J connectivity index is 3.74. The summed E-state index contributed by atoms with van der Waals surface area (Å²) in [6.07, 6.45) is 4.13. The maximum Gasteiger partial charge on any atom is 0.330 e. The molecule has 0 aliphatic carbocycles. The minimum absolute atomic E-state index is 0.223. The Kier molecular flexibility index (Phi) is 8.55. The zero-order valence-electron chi connectivity index (χ0n) is 9.33. The van der Waals surface area contributed by atoms with Gasteiger partial charge in [0.1, 0.15) is 0 Å². The van der Waals surface area contributed by atoms with Crippen LogP contribution in [0.2, 0.25) is 0 Å². The van der Waals surface area contributed by atoms with Gasteiger partial charge in [-0.2, -0.15) is 0 Å². The van der Waals surface area contributed by atoms with Crippen LogP contribution in [0.25, 0.3) is 0 Å². The molecule has 0 unspecified atom stereocenters. The van der Waals surface area contributed by atoms with Gasteiger partial charge in [-0.3, -0.25) is 4.57 Å². The van der Waals surface area contributed by atoms with Crippen molar-refractivity contribution in [1.82, 2.24) is 0 Å². The number of hydrogen-bond acceptors (Lipinski definition) is 3. The molecule has 0 N–H and O–H groups in total. The molecule has 0 aromatic rings. The van der Waals surface area contributed by atoms with Crippen molar-refractivity contribution in [2.45, 2.75) is 39.5 Å². The lowest BCUT2D eigenvalue weighted by Crippen LogP contribution is -2.01. The van der Waals surface area contributed by atoms with Crippen LogP contribution >= 0.6 is 7.60 Å². The second-order valence-electron chi connectivity index (χ2n) is 3.21. The second-order valence-corrected chi connectivity index (χ2v) is 5.39. The van der Waals surface area contributed by atoms with Gasteiger partial charge < -0.3 is 9.05 Å². The van der Waals surface area contributed by atoms with Crippen molar-refractivity contribution >= 4 is 7.60 Å². The molecule has 3 nitrogen and oxygen atoms in total. The molecule has 4 heteroatoms. The SMILES string of the molecule is [CH2]CP(=O)(OCCCC)OCCCC. The van der Waals surface area contributed by atoms with E-state index < -0.39 is 7.60 Å². The summed E-state index contributed by atoms with van der Waals surface area (Å²) < 4.78 is 22.3. The van der Waals surface area contributed by atoms with Gasteiger partial charge >= 0.3 is 7.60 Å². The molecule has 0 aromatic heterocycles. The van der Waals surface area contributed by atoms with Crippen LogP contribution in [0.15, 0.2) is 0 Å². The molecule has 0 bridgehead atoms. The van der Waals surface area contributed by atoms with Crippen LogP contribution in [0.4, 0.5) is 0 Å². The third-order valence-corrected chi connectivity index (χ3v) is 3.55. The molecule has 0 saturated heterocycles. The number of hydrogen-bond donors (Lipinski definition) is 0. The third kappa shape index (κ3) is 6.58. The molecule has 0 heterocycles. The largest absolute Gasteiger partial charge is 0.330 e. The van der Waals surface area contributed by atoms with E-state index in [2.05, 4.69) is 20.8 Å². The third-order valence-electron chi connectivity index (χ3n) is 1.85. The molecule has 14 heavy (non-hydrogen) atoms. The Morgan fingerprint density at radius 2 is 1.50 bits per heavy atom. The minimum atomic E-state index is -2.87. The van der Waals surface area contributed by atoms with Gasteiger partial charge in [0.25, 0.3) is 0 Å². The quantitative estimate of drug-likeness (QED) is 0.440. The Hall–Kier alpha value is 0.150. The van der Waals surface area contributed by atoms with Gasteiger partial charge in [-0.05, 0) is 19.8 Å². The summed E-state index contributed by atoms with van der Waals surface area (Å²) in [5, 5.41) is 0. The predicted molar refractivity (Wildman–Crippen MR) is 59.6 cm³/mol. The van der Waals surface area contributed by atoms with E-state index in [0.29, 0.717) is 13.2 Å². The number of unbranched alkanes of at least 4 members (excludes halogenated alkanes) is 2. The molecule has 0 amide bonds. The highest BCUT2D eigenvalue weighted by Gasteiger charge is 2.20. The molecule has 0 saturated carbocycles. The van der Waals surface area contributed by atoms with E-state index in [1.54, 1.807) is 0 Å². The first kappa shape index (κ1) is 14.2. The summed E-state index contributed by atoms with van der Waals surface area (Å²) in [6.45, 7) is 8.75. The maximum absolute atomic E-state index is 11.8. The van der Waals surface area contributed by atoms with E-state index in [1.807, 2.05) is 0 Å². The second kappa shape index (κ2) is 8.46. The molecule has 0 aliphatic rings. The highest BCUT2D eigenvalue weighted by atomic mass is 31.2. The van der Waals surface area contributed by atoms with Gasteiger partial charge in [0.15, 0.2) is 0 Å². The van der Waals surface area contributed by atoms with Crippen molar-refractivity contribution < 1.29 is 13.6 Å². The average Bonchev–Trinajstić information content (AvgIpc) is 2.19. The fourth-order valence-corrected chi connectivity index (χ4v) is 2.01. The summed E-state index contributed by atoms with van der Waals surface area (Å²) >= 11 is 0. The first-order valence-electron chi connectivity index (χ1n) is 5.36. The molecule has 0 fully saturated rings. The Morgan fingerprint density at radius 3 is 1.79 bits per heavy atom. The highest BCUT2D eigenvalue weighted by molar-refractivity contribution is 7.53. The first-order valence-corrected chi connectivity index (χ1v) is 7.08. The van der Waals surface area contributed by atoms with E-state index >= 15 is 0 Å². The molecule has 0 aromatic carbocycles. The Bertz CT molecular complexity index is 157. The lowest BCUT2D eigenvalue weighted by molar-refractivity contribution is 0.202. The van der Waals surface area contributed by atoms with Gasteiger partial charge in [-0.25, -0.2) is 0 Å². The fourth-order valence-electron chi connectivity index (χ4n) is 0.862. The smallest absolute Gasteiger partial charge is 0.309 e. The van der Waals surface area contributed by atoms with E-state index in [-0.39, 0.29) is 6.16 Å². The van der Waals surface area contributed by atoms with Crippen LogP contribution in [0.5, 0.6) is 0 Å². The zero-order valence-corrected chi connectivity index (χ0v) is 10.2. The average molecular weight is 221 g/mol. The van der Waals surface area contributed by atoms with Gasteiger partial charge in [-0.1, -0.05) is 26.7 Å². The summed E-state index contributed by atoms with van der Waals surface area (Å²) in [6, 6.07) is 0. The maximum atomic E-state index is 11.8. The normalized spacial score (nSPS) is 11.9. The summed E-state index contributed by atoms with van der Waals surface area (Å²) in [7, 11) is -2.87. The zero-order chi connectivity index (χ0) is 10.9. The van der Waals surface area contributed by atoms with E-state index in [9.17, 15) is 4.57 Å². The monoisotopic (exact) mass is 221 g/mol. The molecule has 0 spiro atoms. The van der Waals surface area contributed by atoms with Crippen molar-refractivity contribution in [2.24, 2.45) is 0 Å². The van der Waals surface area contributed by atoms with Gasteiger partial charge in [0.05, 0.1) is 19.4 Å². The summed E-state index contributed by atoms with van der Waals surface area (Å²) in [5.74, 6) is 0. The predicted octanol–water partition coefficient (Wildman–Crippen LogP) is 3.65. The van der Waals surface area contributed by atoms with E-state index in [4.69, 9.17) is 9.05 Å². The molecule has 1 radical (unpaired) electrons. The minimum Gasteiger partial charge on any atom is -0.309 e. The standard InChI is InChI=1S/C10H22O3P/c1-4-7-9-12-14(11,6-3)13-10-8-5-2/h3-10H2,1-2H3. The van der Waals surface area contributed by atoms with Crippen LogP contribution < -0.4 is 0 Å². The van der Waals surface area contributed by atoms with Crippen molar-refractivity contribution in [2.75, 3.05) is 19.4 Å².